The zero-order valence-electron chi connectivity index (χ0n) is 13.0. The van der Waals surface area contributed by atoms with Crippen molar-refractivity contribution < 1.29 is 0 Å². The molecule has 118 valence electrons. The van der Waals surface area contributed by atoms with Gasteiger partial charge in [0.15, 0.2) is 0 Å². The molecule has 5 heteroatoms. The highest BCUT2D eigenvalue weighted by molar-refractivity contribution is 5.82. The Morgan fingerprint density at radius 3 is 2.65 bits per heavy atom. The summed E-state index contributed by atoms with van der Waals surface area (Å²) >= 11 is 0. The first-order valence-corrected chi connectivity index (χ1v) is 8.01. The minimum Gasteiger partial charge on any atom is -0.369 e. The van der Waals surface area contributed by atoms with Crippen molar-refractivity contribution in [2.75, 3.05) is 31.1 Å². The largest absolute Gasteiger partial charge is 0.369 e. The molecule has 5 nitrogen and oxygen atoms in total. The standard InChI is InChI=1S/C18H20N4O/c23-18-11-15(5-6-19-18)22-9-7-21(8-10-22)13-14-12-20-17-4-2-1-3-16(14)17/h1-6,11-12,20H,7-10,13H2,(H,19,23). The fourth-order valence-electron chi connectivity index (χ4n) is 3.30. The van der Waals surface area contributed by atoms with Gasteiger partial charge in [0.1, 0.15) is 0 Å². The lowest BCUT2D eigenvalue weighted by molar-refractivity contribution is 0.250. The van der Waals surface area contributed by atoms with Crippen LogP contribution in [0.4, 0.5) is 5.69 Å². The maximum Gasteiger partial charge on any atom is 0.249 e. The molecule has 0 aliphatic carbocycles. The smallest absolute Gasteiger partial charge is 0.249 e. The summed E-state index contributed by atoms with van der Waals surface area (Å²) in [6, 6.07) is 12.1. The van der Waals surface area contributed by atoms with Gasteiger partial charge in [-0.25, -0.2) is 0 Å². The third-order valence-electron chi connectivity index (χ3n) is 4.56. The molecule has 23 heavy (non-hydrogen) atoms. The molecule has 0 radical (unpaired) electrons. The van der Waals surface area contributed by atoms with Crippen molar-refractivity contribution in [2.24, 2.45) is 0 Å². The first-order valence-electron chi connectivity index (χ1n) is 8.01. The minimum absolute atomic E-state index is 0.0382. The Labute approximate surface area is 134 Å². The van der Waals surface area contributed by atoms with Crippen LogP contribution in [0, 0.1) is 0 Å². The van der Waals surface area contributed by atoms with E-state index in [4.69, 9.17) is 0 Å². The molecule has 4 rings (SSSR count). The zero-order valence-corrected chi connectivity index (χ0v) is 13.0. The van der Waals surface area contributed by atoms with Crippen LogP contribution >= 0.6 is 0 Å². The highest BCUT2D eigenvalue weighted by atomic mass is 16.1. The molecule has 0 spiro atoms. The molecule has 1 aliphatic rings. The van der Waals surface area contributed by atoms with Crippen LogP contribution in [-0.2, 0) is 6.54 Å². The van der Waals surface area contributed by atoms with Gasteiger partial charge in [-0.2, -0.15) is 0 Å². The van der Waals surface area contributed by atoms with E-state index >= 15 is 0 Å². The molecule has 0 bridgehead atoms. The number of rotatable bonds is 3. The van der Waals surface area contributed by atoms with E-state index in [2.05, 4.69) is 50.2 Å². The Morgan fingerprint density at radius 1 is 1.00 bits per heavy atom. The van der Waals surface area contributed by atoms with Crippen LogP contribution in [0.1, 0.15) is 5.56 Å². The molecule has 1 aliphatic heterocycles. The third kappa shape index (κ3) is 2.87. The summed E-state index contributed by atoms with van der Waals surface area (Å²) in [5.74, 6) is 0. The van der Waals surface area contributed by atoms with Gasteiger partial charge in [-0.15, -0.1) is 0 Å². The summed E-state index contributed by atoms with van der Waals surface area (Å²) in [5.41, 5.74) is 3.53. The normalized spacial score (nSPS) is 16.1. The van der Waals surface area contributed by atoms with Crippen LogP contribution in [0.15, 0.2) is 53.6 Å². The Kier molecular flexibility index (Phi) is 3.63. The molecule has 3 aromatic rings. The summed E-state index contributed by atoms with van der Waals surface area (Å²) in [6.07, 6.45) is 3.84. The van der Waals surface area contributed by atoms with E-state index in [0.717, 1.165) is 38.4 Å². The van der Waals surface area contributed by atoms with Gasteiger partial charge in [-0.05, 0) is 17.7 Å². The Hall–Kier alpha value is -2.53. The second kappa shape index (κ2) is 5.93. The minimum atomic E-state index is -0.0382. The lowest BCUT2D eigenvalue weighted by Gasteiger charge is -2.35. The first kappa shape index (κ1) is 14.1. The molecule has 1 aromatic carbocycles. The summed E-state index contributed by atoms with van der Waals surface area (Å²) in [4.78, 5) is 22.2. The number of H-pyrrole nitrogens is 2. The number of aromatic nitrogens is 2. The van der Waals surface area contributed by atoms with Gasteiger partial charge < -0.3 is 14.9 Å². The maximum atomic E-state index is 11.4. The number of benzene rings is 1. The number of hydrogen-bond acceptors (Lipinski definition) is 3. The van der Waals surface area contributed by atoms with Crippen LogP contribution in [0.2, 0.25) is 0 Å². The number of nitrogens with one attached hydrogen (secondary N) is 2. The van der Waals surface area contributed by atoms with E-state index in [1.807, 2.05) is 6.07 Å². The van der Waals surface area contributed by atoms with Gasteiger partial charge in [0.05, 0.1) is 0 Å². The van der Waals surface area contributed by atoms with E-state index in [9.17, 15) is 4.79 Å². The predicted molar refractivity (Wildman–Crippen MR) is 92.9 cm³/mol. The van der Waals surface area contributed by atoms with Crippen molar-refractivity contribution in [3.8, 4) is 0 Å². The molecule has 1 fully saturated rings. The van der Waals surface area contributed by atoms with Gasteiger partial charge >= 0.3 is 0 Å². The maximum absolute atomic E-state index is 11.4. The van der Waals surface area contributed by atoms with E-state index in [1.165, 1.54) is 16.5 Å². The summed E-state index contributed by atoms with van der Waals surface area (Å²) in [6.45, 7) is 4.88. The average molecular weight is 308 g/mol. The number of anilines is 1. The first-order chi connectivity index (χ1) is 11.3. The molecule has 0 saturated carbocycles. The second-order valence-electron chi connectivity index (χ2n) is 6.03. The average Bonchev–Trinajstić information content (AvgIpc) is 2.99. The summed E-state index contributed by atoms with van der Waals surface area (Å²) in [7, 11) is 0. The van der Waals surface area contributed by atoms with Crippen molar-refractivity contribution in [1.29, 1.82) is 0 Å². The molecule has 3 heterocycles. The van der Waals surface area contributed by atoms with E-state index in [-0.39, 0.29) is 5.56 Å². The Bertz CT molecular complexity index is 858. The van der Waals surface area contributed by atoms with Gasteiger partial charge in [0.2, 0.25) is 5.56 Å². The summed E-state index contributed by atoms with van der Waals surface area (Å²) in [5, 5.41) is 1.31. The van der Waals surface area contributed by atoms with Crippen LogP contribution < -0.4 is 10.5 Å². The Balaban J connectivity index is 1.43. The molecular formula is C18H20N4O. The number of nitrogens with zero attached hydrogens (tertiary/aromatic N) is 2. The van der Waals surface area contributed by atoms with Crippen molar-refractivity contribution in [1.82, 2.24) is 14.9 Å². The highest BCUT2D eigenvalue weighted by Gasteiger charge is 2.18. The fraction of sp³-hybridized carbons (Fsp3) is 0.278. The van der Waals surface area contributed by atoms with Gasteiger partial charge in [-0.1, -0.05) is 18.2 Å². The van der Waals surface area contributed by atoms with Crippen LogP contribution in [0.25, 0.3) is 10.9 Å². The number of fused-ring (bicyclic) bond motifs is 1. The van der Waals surface area contributed by atoms with Gasteiger partial charge in [-0.3, -0.25) is 9.69 Å². The van der Waals surface area contributed by atoms with Gasteiger partial charge in [0, 0.05) is 67.8 Å². The van der Waals surface area contributed by atoms with Crippen LogP contribution in [0.3, 0.4) is 0 Å². The quantitative estimate of drug-likeness (QED) is 0.780. The molecule has 0 atom stereocenters. The topological polar surface area (TPSA) is 55.1 Å². The van der Waals surface area contributed by atoms with E-state index in [0.29, 0.717) is 0 Å². The van der Waals surface area contributed by atoms with Gasteiger partial charge in [0.25, 0.3) is 0 Å². The molecule has 0 amide bonds. The number of para-hydroxylation sites is 1. The lowest BCUT2D eigenvalue weighted by Crippen LogP contribution is -2.46. The number of aromatic amines is 2. The van der Waals surface area contributed by atoms with E-state index in [1.54, 1.807) is 12.3 Å². The number of pyridine rings is 1. The van der Waals surface area contributed by atoms with Crippen molar-refractivity contribution in [3.63, 3.8) is 0 Å². The molecule has 1 saturated heterocycles. The SMILES string of the molecule is O=c1cc(N2CCN(Cc3c[nH]c4ccccc34)CC2)cc[nH]1. The molecule has 2 N–H and O–H groups in total. The predicted octanol–water partition coefficient (Wildman–Crippen LogP) is 2.18. The zero-order chi connectivity index (χ0) is 15.6. The fourth-order valence-corrected chi connectivity index (χ4v) is 3.30. The Morgan fingerprint density at radius 2 is 1.83 bits per heavy atom. The van der Waals surface area contributed by atoms with Crippen LogP contribution in [0.5, 0.6) is 0 Å². The van der Waals surface area contributed by atoms with Crippen molar-refractivity contribution in [3.05, 3.63) is 64.7 Å². The molecular weight excluding hydrogens is 288 g/mol. The molecule has 2 aromatic heterocycles. The number of hydrogen-bond donors (Lipinski definition) is 2. The highest BCUT2D eigenvalue weighted by Crippen LogP contribution is 2.21. The van der Waals surface area contributed by atoms with E-state index < -0.39 is 0 Å². The monoisotopic (exact) mass is 308 g/mol. The molecule has 0 unspecified atom stereocenters. The summed E-state index contributed by atoms with van der Waals surface area (Å²) < 4.78 is 0. The lowest BCUT2D eigenvalue weighted by atomic mass is 10.1. The van der Waals surface area contributed by atoms with Crippen molar-refractivity contribution >= 4 is 16.6 Å². The third-order valence-corrected chi connectivity index (χ3v) is 4.56. The van der Waals surface area contributed by atoms with Crippen molar-refractivity contribution in [2.45, 2.75) is 6.54 Å². The number of piperazine rings is 1. The second-order valence-corrected chi connectivity index (χ2v) is 6.03. The van der Waals surface area contributed by atoms with Crippen LogP contribution in [-0.4, -0.2) is 41.0 Å².